The molecule has 8 nitrogen and oxygen atoms in total. The predicted octanol–water partition coefficient (Wildman–Crippen LogP) is 1.07. The van der Waals surface area contributed by atoms with E-state index in [0.717, 1.165) is 25.9 Å². The molecule has 1 aliphatic carbocycles. The summed E-state index contributed by atoms with van der Waals surface area (Å²) >= 11 is 0. The smallest absolute Gasteiger partial charge is 0.315 e. The van der Waals surface area contributed by atoms with Gasteiger partial charge >= 0.3 is 6.03 Å². The molecular weight excluding hydrogens is 394 g/mol. The lowest BCUT2D eigenvalue weighted by molar-refractivity contribution is -0.136. The summed E-state index contributed by atoms with van der Waals surface area (Å²) in [5, 5.41) is 8.86. The van der Waals surface area contributed by atoms with E-state index in [1.54, 1.807) is 0 Å². The van der Waals surface area contributed by atoms with Crippen LogP contribution in [0.4, 0.5) is 4.79 Å². The van der Waals surface area contributed by atoms with Crippen molar-refractivity contribution in [1.82, 2.24) is 25.8 Å². The van der Waals surface area contributed by atoms with Crippen molar-refractivity contribution in [3.63, 3.8) is 0 Å². The van der Waals surface area contributed by atoms with Crippen molar-refractivity contribution >= 4 is 17.8 Å². The average Bonchev–Trinajstić information content (AvgIpc) is 3.50. The van der Waals surface area contributed by atoms with Crippen molar-refractivity contribution in [3.05, 3.63) is 35.9 Å². The molecule has 1 aromatic rings. The highest BCUT2D eigenvalue weighted by Crippen LogP contribution is 2.30. The first-order chi connectivity index (χ1) is 14.9. The first kappa shape index (κ1) is 21.6. The zero-order valence-corrected chi connectivity index (χ0v) is 18.3. The quantitative estimate of drug-likeness (QED) is 0.633. The molecule has 2 saturated heterocycles. The van der Waals surface area contributed by atoms with Gasteiger partial charge in [0.25, 0.3) is 0 Å². The molecule has 2 heterocycles. The molecule has 8 heteroatoms. The molecule has 0 spiro atoms. The van der Waals surface area contributed by atoms with Gasteiger partial charge in [-0.05, 0) is 38.7 Å². The summed E-state index contributed by atoms with van der Waals surface area (Å²) in [7, 11) is 0. The fraction of sp³-hybridized carbons (Fsp3) is 0.609. The first-order valence-corrected chi connectivity index (χ1v) is 11.3. The van der Waals surface area contributed by atoms with Crippen LogP contribution in [0.1, 0.15) is 38.7 Å². The maximum Gasteiger partial charge on any atom is 0.315 e. The lowest BCUT2D eigenvalue weighted by Crippen LogP contribution is -2.52. The first-order valence-electron chi connectivity index (χ1n) is 11.3. The molecule has 2 aliphatic heterocycles. The van der Waals surface area contributed by atoms with Gasteiger partial charge in [0, 0.05) is 44.2 Å². The van der Waals surface area contributed by atoms with Crippen LogP contribution >= 0.6 is 0 Å². The number of nitrogens with zero attached hydrogens (tertiary/aromatic N) is 2. The highest BCUT2D eigenvalue weighted by molar-refractivity contribution is 5.90. The number of fused-ring (bicyclic) bond motifs is 1. The molecule has 3 atom stereocenters. The zero-order valence-electron chi connectivity index (χ0n) is 18.3. The van der Waals surface area contributed by atoms with E-state index in [0.29, 0.717) is 19.5 Å². The Bertz CT molecular complexity index is 811. The number of benzene rings is 1. The van der Waals surface area contributed by atoms with Gasteiger partial charge in [-0.3, -0.25) is 14.5 Å². The Hall–Kier alpha value is -2.61. The molecule has 4 rings (SSSR count). The van der Waals surface area contributed by atoms with Crippen molar-refractivity contribution in [3.8, 4) is 0 Å². The Morgan fingerprint density at radius 2 is 1.81 bits per heavy atom. The van der Waals surface area contributed by atoms with Gasteiger partial charge < -0.3 is 20.9 Å². The van der Waals surface area contributed by atoms with E-state index < -0.39 is 6.04 Å². The van der Waals surface area contributed by atoms with E-state index in [-0.39, 0.29) is 41.9 Å². The molecule has 168 valence electrons. The van der Waals surface area contributed by atoms with Gasteiger partial charge in [0.1, 0.15) is 6.04 Å². The molecule has 0 aromatic heterocycles. The van der Waals surface area contributed by atoms with E-state index in [1.165, 1.54) is 5.56 Å². The van der Waals surface area contributed by atoms with Gasteiger partial charge in [-0.25, -0.2) is 4.79 Å². The Kier molecular flexibility index (Phi) is 6.46. The van der Waals surface area contributed by atoms with Crippen LogP contribution in [-0.2, 0) is 16.1 Å². The van der Waals surface area contributed by atoms with Crippen molar-refractivity contribution in [2.45, 2.75) is 63.8 Å². The molecule has 3 fully saturated rings. The van der Waals surface area contributed by atoms with E-state index in [4.69, 9.17) is 0 Å². The van der Waals surface area contributed by atoms with Crippen LogP contribution in [0.5, 0.6) is 0 Å². The van der Waals surface area contributed by atoms with Crippen LogP contribution in [0.3, 0.4) is 0 Å². The third kappa shape index (κ3) is 5.55. The standard InChI is InChI=1S/C23H33N5O3/c1-15(2)24-23(31)25-18-10-19-13-27(11-16-6-4-3-5-7-16)14-20(22(30)28(19)12-18)26-21(29)17-8-9-17/h3-7,15,17-20H,8-14H2,1-2H3,(H,26,29)(H2,24,25,31)/t18-,19-,20-/m0/s1. The molecular formula is C23H33N5O3. The Morgan fingerprint density at radius 3 is 2.48 bits per heavy atom. The van der Waals surface area contributed by atoms with Gasteiger partial charge in [0.05, 0.1) is 6.04 Å². The molecule has 1 saturated carbocycles. The number of carbonyl (C=O) groups excluding carboxylic acids is 3. The van der Waals surface area contributed by atoms with E-state index in [2.05, 4.69) is 33.0 Å². The van der Waals surface area contributed by atoms with Crippen molar-refractivity contribution in [2.24, 2.45) is 5.92 Å². The topological polar surface area (TPSA) is 93.8 Å². The summed E-state index contributed by atoms with van der Waals surface area (Å²) in [5.41, 5.74) is 1.18. The van der Waals surface area contributed by atoms with E-state index >= 15 is 0 Å². The highest BCUT2D eigenvalue weighted by atomic mass is 16.2. The summed E-state index contributed by atoms with van der Waals surface area (Å²) in [6.45, 7) is 6.26. The highest BCUT2D eigenvalue weighted by Gasteiger charge is 2.43. The fourth-order valence-corrected chi connectivity index (χ4v) is 4.58. The Labute approximate surface area is 183 Å². The third-order valence-corrected chi connectivity index (χ3v) is 6.17. The number of hydrogen-bond donors (Lipinski definition) is 3. The average molecular weight is 428 g/mol. The van der Waals surface area contributed by atoms with Crippen LogP contribution < -0.4 is 16.0 Å². The number of nitrogens with one attached hydrogen (secondary N) is 3. The van der Waals surface area contributed by atoms with E-state index in [9.17, 15) is 14.4 Å². The summed E-state index contributed by atoms with van der Waals surface area (Å²) in [6, 6.07) is 9.40. The van der Waals surface area contributed by atoms with Crippen LogP contribution in [-0.4, -0.2) is 71.4 Å². The van der Waals surface area contributed by atoms with Crippen LogP contribution in [0, 0.1) is 5.92 Å². The lowest BCUT2D eigenvalue weighted by atomic mass is 10.1. The summed E-state index contributed by atoms with van der Waals surface area (Å²) in [5.74, 6) is 0.00641. The summed E-state index contributed by atoms with van der Waals surface area (Å²) in [4.78, 5) is 42.1. The number of amides is 4. The SMILES string of the molecule is CC(C)NC(=O)N[C@H]1C[C@H]2CN(Cc3ccccc3)C[C@H](NC(=O)C3CC3)C(=O)N2C1. The van der Waals surface area contributed by atoms with E-state index in [1.807, 2.05) is 36.9 Å². The van der Waals surface area contributed by atoms with Gasteiger partial charge in [0.15, 0.2) is 0 Å². The van der Waals surface area contributed by atoms with Crippen LogP contribution in [0.25, 0.3) is 0 Å². The number of urea groups is 1. The van der Waals surface area contributed by atoms with Crippen molar-refractivity contribution < 1.29 is 14.4 Å². The van der Waals surface area contributed by atoms with Crippen LogP contribution in [0.15, 0.2) is 30.3 Å². The minimum absolute atomic E-state index is 0.0124. The largest absolute Gasteiger partial charge is 0.343 e. The maximum atomic E-state index is 13.4. The minimum atomic E-state index is -0.551. The molecule has 3 aliphatic rings. The maximum absolute atomic E-state index is 13.4. The predicted molar refractivity (Wildman–Crippen MR) is 117 cm³/mol. The molecule has 1 aromatic carbocycles. The molecule has 0 bridgehead atoms. The number of rotatable bonds is 6. The molecule has 3 N–H and O–H groups in total. The molecule has 0 unspecified atom stereocenters. The zero-order chi connectivity index (χ0) is 22.0. The number of carbonyl (C=O) groups is 3. The lowest BCUT2D eigenvalue weighted by Gasteiger charge is -2.25. The number of hydrogen-bond acceptors (Lipinski definition) is 4. The van der Waals surface area contributed by atoms with Gasteiger partial charge in [0.2, 0.25) is 11.8 Å². The minimum Gasteiger partial charge on any atom is -0.343 e. The van der Waals surface area contributed by atoms with Gasteiger partial charge in [-0.15, -0.1) is 0 Å². The molecule has 4 amide bonds. The molecule has 0 radical (unpaired) electrons. The van der Waals surface area contributed by atoms with Gasteiger partial charge in [-0.1, -0.05) is 30.3 Å². The Morgan fingerprint density at radius 1 is 1.06 bits per heavy atom. The molecule has 31 heavy (non-hydrogen) atoms. The monoisotopic (exact) mass is 427 g/mol. The second-order valence-electron chi connectivity index (χ2n) is 9.36. The second kappa shape index (κ2) is 9.26. The normalized spacial score (nSPS) is 26.4. The van der Waals surface area contributed by atoms with Gasteiger partial charge in [-0.2, -0.15) is 0 Å². The Balaban J connectivity index is 1.47. The van der Waals surface area contributed by atoms with Crippen molar-refractivity contribution in [1.29, 1.82) is 0 Å². The van der Waals surface area contributed by atoms with Crippen LogP contribution in [0.2, 0.25) is 0 Å². The third-order valence-electron chi connectivity index (χ3n) is 6.17. The summed E-state index contributed by atoms with van der Waals surface area (Å²) in [6.07, 6.45) is 2.53. The summed E-state index contributed by atoms with van der Waals surface area (Å²) < 4.78 is 0. The second-order valence-corrected chi connectivity index (χ2v) is 9.36. The fourth-order valence-electron chi connectivity index (χ4n) is 4.58. The van der Waals surface area contributed by atoms with Crippen molar-refractivity contribution in [2.75, 3.05) is 19.6 Å².